The molecule has 5 rings (SSSR count). The van der Waals surface area contributed by atoms with Crippen LogP contribution in [0.4, 0.5) is 0 Å². The van der Waals surface area contributed by atoms with Gasteiger partial charge in [-0.05, 0) is 105 Å². The van der Waals surface area contributed by atoms with Gasteiger partial charge in [-0.1, -0.05) is 46.3 Å². The number of hydrogen-bond acceptors (Lipinski definition) is 11. The van der Waals surface area contributed by atoms with E-state index in [9.17, 15) is 46.0 Å². The van der Waals surface area contributed by atoms with Crippen LogP contribution in [0.15, 0.2) is 11.6 Å². The van der Waals surface area contributed by atoms with Gasteiger partial charge in [-0.3, -0.25) is 0 Å². The minimum atomic E-state index is -1.57. The molecule has 1 heterocycles. The van der Waals surface area contributed by atoms with Gasteiger partial charge in [-0.2, -0.15) is 0 Å². The lowest BCUT2D eigenvalue weighted by Crippen LogP contribution is -2.70. The Morgan fingerprint density at radius 3 is 2.17 bits per heavy atom. The Bertz CT molecular complexity index is 1170. The number of aliphatic hydroxyl groups excluding tert-OH is 8. The summed E-state index contributed by atoms with van der Waals surface area (Å²) in [5, 5.41) is 96.9. The molecule has 0 aromatic heterocycles. The summed E-state index contributed by atoms with van der Waals surface area (Å²) in [6, 6.07) is 0. The van der Waals surface area contributed by atoms with Crippen LogP contribution in [0.3, 0.4) is 0 Å². The van der Waals surface area contributed by atoms with Crippen LogP contribution in [0.2, 0.25) is 0 Å². The van der Waals surface area contributed by atoms with Crippen molar-refractivity contribution in [3.8, 4) is 0 Å². The normalized spacial score (nSPS) is 51.5. The Morgan fingerprint density at radius 1 is 0.936 bits per heavy atom. The maximum Gasteiger partial charge on any atom is 0.186 e. The fourth-order valence-corrected chi connectivity index (χ4v) is 11.8. The summed E-state index contributed by atoms with van der Waals surface area (Å²) >= 11 is 0. The Balaban J connectivity index is 1.54. The molecule has 0 spiro atoms. The maximum atomic E-state index is 12.1. The van der Waals surface area contributed by atoms with E-state index in [2.05, 4.69) is 20.8 Å². The van der Waals surface area contributed by atoms with Gasteiger partial charge in [0.1, 0.15) is 36.6 Å². The van der Waals surface area contributed by atoms with Gasteiger partial charge >= 0.3 is 0 Å². The van der Waals surface area contributed by atoms with Crippen LogP contribution in [0.5, 0.6) is 0 Å². The highest BCUT2D eigenvalue weighted by Gasteiger charge is 2.72. The minimum absolute atomic E-state index is 0.0589. The van der Waals surface area contributed by atoms with E-state index in [-0.39, 0.29) is 39.9 Å². The first-order valence-electron chi connectivity index (χ1n) is 17.6. The molecule has 0 unspecified atom stereocenters. The molecule has 0 radical (unpaired) electrons. The smallest absolute Gasteiger partial charge is 0.186 e. The second kappa shape index (κ2) is 12.5. The molecule has 1 aliphatic heterocycles. The fraction of sp³-hybridized carbons (Fsp3) is 0.944. The summed E-state index contributed by atoms with van der Waals surface area (Å²) in [4.78, 5) is 0. The third kappa shape index (κ3) is 5.77. The summed E-state index contributed by atoms with van der Waals surface area (Å²) < 4.78 is 12.6. The standard InChI is InChI=1S/C36H62O11/c1-17(13-20(39)30(44)33(4,5)45)18-9-12-35(7)25(18)19(38)14-23-34(6)11-10-24(40)32(2,3)29(34)21(15-36(23,35)8)46-31-28(43)27(42)26(41)22(16-37)47-31/h13,18-31,37-45H,9-12,14-16H2,1-8H3/b17-13-/t18-,19-,20-,21+,22-,23-,24+,25+,26-,27+,28-,29+,30+,31-,34-,35-,36-/m1/s1. The predicted molar refractivity (Wildman–Crippen MR) is 172 cm³/mol. The van der Waals surface area contributed by atoms with E-state index in [0.717, 1.165) is 18.4 Å². The Kier molecular flexibility index (Phi) is 10.00. The van der Waals surface area contributed by atoms with Crippen molar-refractivity contribution in [3.63, 3.8) is 0 Å². The second-order valence-corrected chi connectivity index (χ2v) is 17.8. The van der Waals surface area contributed by atoms with Crippen molar-refractivity contribution >= 4 is 0 Å². The van der Waals surface area contributed by atoms with E-state index in [1.54, 1.807) is 6.08 Å². The molecule has 17 atom stereocenters. The third-order valence-electron chi connectivity index (χ3n) is 14.5. The van der Waals surface area contributed by atoms with Crippen LogP contribution in [0.1, 0.15) is 93.9 Å². The van der Waals surface area contributed by atoms with Gasteiger partial charge in [-0.15, -0.1) is 0 Å². The van der Waals surface area contributed by atoms with Crippen LogP contribution in [-0.2, 0) is 9.47 Å². The summed E-state index contributed by atoms with van der Waals surface area (Å²) in [5.74, 6) is -0.338. The molecule has 11 heteroatoms. The Labute approximate surface area is 279 Å². The summed E-state index contributed by atoms with van der Waals surface area (Å²) in [5.41, 5.74) is -2.34. The van der Waals surface area contributed by atoms with E-state index in [1.165, 1.54) is 13.8 Å². The van der Waals surface area contributed by atoms with Crippen molar-refractivity contribution in [2.24, 2.45) is 45.3 Å². The van der Waals surface area contributed by atoms with E-state index in [4.69, 9.17) is 9.47 Å². The molecule has 272 valence electrons. The van der Waals surface area contributed by atoms with Crippen molar-refractivity contribution in [2.75, 3.05) is 6.61 Å². The molecular weight excluding hydrogens is 608 g/mol. The number of fused-ring (bicyclic) bond motifs is 5. The lowest BCUT2D eigenvalue weighted by molar-refractivity contribution is -0.346. The van der Waals surface area contributed by atoms with Crippen LogP contribution < -0.4 is 0 Å². The second-order valence-electron chi connectivity index (χ2n) is 17.8. The van der Waals surface area contributed by atoms with E-state index in [1.807, 2.05) is 20.8 Å². The third-order valence-corrected chi connectivity index (χ3v) is 14.5. The first kappa shape index (κ1) is 37.6. The average Bonchev–Trinajstić information content (AvgIpc) is 3.35. The van der Waals surface area contributed by atoms with E-state index in [0.29, 0.717) is 25.7 Å². The Hall–Kier alpha value is -0.700. The zero-order valence-corrected chi connectivity index (χ0v) is 29.5. The number of ether oxygens (including phenoxy) is 2. The van der Waals surface area contributed by atoms with Crippen LogP contribution >= 0.6 is 0 Å². The van der Waals surface area contributed by atoms with Gasteiger partial charge < -0.3 is 55.4 Å². The molecule has 5 fully saturated rings. The molecule has 1 saturated heterocycles. The topological polar surface area (TPSA) is 201 Å². The van der Waals surface area contributed by atoms with E-state index < -0.39 is 78.8 Å². The lowest BCUT2D eigenvalue weighted by Gasteiger charge is -2.72. The lowest BCUT2D eigenvalue weighted by atomic mass is 9.34. The first-order chi connectivity index (χ1) is 21.6. The molecule has 5 aliphatic rings. The van der Waals surface area contributed by atoms with Gasteiger partial charge in [0.05, 0.1) is 30.5 Å². The van der Waals surface area contributed by atoms with Crippen molar-refractivity contribution in [3.05, 3.63) is 11.6 Å². The Morgan fingerprint density at radius 2 is 1.57 bits per heavy atom. The average molecular weight is 671 g/mol. The summed E-state index contributed by atoms with van der Waals surface area (Å²) in [6.45, 7) is 15.1. The number of aliphatic hydroxyl groups is 9. The zero-order valence-electron chi connectivity index (χ0n) is 29.5. The van der Waals surface area contributed by atoms with Gasteiger partial charge in [-0.25, -0.2) is 0 Å². The zero-order chi connectivity index (χ0) is 35.2. The molecular formula is C36H62O11. The largest absolute Gasteiger partial charge is 0.394 e. The van der Waals surface area contributed by atoms with Crippen molar-refractivity contribution in [2.45, 2.75) is 161 Å². The van der Waals surface area contributed by atoms with Crippen molar-refractivity contribution in [1.29, 1.82) is 0 Å². The van der Waals surface area contributed by atoms with Gasteiger partial charge in [0.2, 0.25) is 0 Å². The molecule has 0 bridgehead atoms. The minimum Gasteiger partial charge on any atom is -0.394 e. The molecule has 47 heavy (non-hydrogen) atoms. The molecule has 11 nitrogen and oxygen atoms in total. The molecule has 0 aromatic carbocycles. The number of hydrogen-bond donors (Lipinski definition) is 9. The van der Waals surface area contributed by atoms with Crippen molar-refractivity contribution < 1.29 is 55.4 Å². The predicted octanol–water partition coefficient (Wildman–Crippen LogP) is 1.24. The van der Waals surface area contributed by atoms with Crippen LogP contribution in [0.25, 0.3) is 0 Å². The fourth-order valence-electron chi connectivity index (χ4n) is 11.8. The van der Waals surface area contributed by atoms with Crippen LogP contribution in [0, 0.1) is 45.3 Å². The molecule has 9 N–H and O–H groups in total. The van der Waals surface area contributed by atoms with Gasteiger partial charge in [0.15, 0.2) is 6.29 Å². The highest BCUT2D eigenvalue weighted by Crippen LogP contribution is 2.76. The quantitative estimate of drug-likeness (QED) is 0.139. The monoisotopic (exact) mass is 670 g/mol. The van der Waals surface area contributed by atoms with E-state index >= 15 is 0 Å². The van der Waals surface area contributed by atoms with Gasteiger partial charge in [0, 0.05) is 0 Å². The maximum absolute atomic E-state index is 12.1. The highest BCUT2D eigenvalue weighted by atomic mass is 16.7. The first-order valence-corrected chi connectivity index (χ1v) is 17.6. The summed E-state index contributed by atoms with van der Waals surface area (Å²) in [7, 11) is 0. The number of rotatable bonds is 7. The summed E-state index contributed by atoms with van der Waals surface area (Å²) in [6.07, 6.45) is -5.82. The van der Waals surface area contributed by atoms with Crippen molar-refractivity contribution in [1.82, 2.24) is 0 Å². The molecule has 0 amide bonds. The molecule has 0 aromatic rings. The van der Waals surface area contributed by atoms with Crippen LogP contribution in [-0.4, -0.2) is 119 Å². The number of allylic oxidation sites excluding steroid dienone is 1. The molecule has 4 saturated carbocycles. The highest BCUT2D eigenvalue weighted by molar-refractivity contribution is 5.24. The van der Waals surface area contributed by atoms with Gasteiger partial charge in [0.25, 0.3) is 0 Å². The molecule has 4 aliphatic carbocycles. The SMILES string of the molecule is C/C(=C/[C@@H](O)[C@H](O)C(C)(C)O)[C@H]1CC[C@]2(C)[C@@H]1[C@H](O)C[C@@H]1[C@@]3(C)CC[C@H](O)C(C)(C)[C@@H]3[C@@H](O[C@@H]3O[C@H](CO)[C@@H](O)[C@H](O)[C@H]3O)C[C@]12C.